The Morgan fingerprint density at radius 2 is 2.24 bits per heavy atom. The van der Waals surface area contributed by atoms with Crippen LogP contribution in [0.4, 0.5) is 0 Å². The van der Waals surface area contributed by atoms with E-state index in [-0.39, 0.29) is 11.5 Å². The number of nitrogens with zero attached hydrogens (tertiary/aromatic N) is 2. The Bertz CT molecular complexity index is 864. The van der Waals surface area contributed by atoms with Crippen molar-refractivity contribution in [2.75, 3.05) is 13.1 Å². The molecule has 2 aliphatic rings. The van der Waals surface area contributed by atoms with E-state index in [0.717, 1.165) is 63.0 Å². The zero-order valence-corrected chi connectivity index (χ0v) is 15.4. The molecule has 0 spiro atoms. The molecule has 4 rings (SSSR count). The summed E-state index contributed by atoms with van der Waals surface area (Å²) in [5, 5.41) is 7.02. The molecule has 134 valence electrons. The number of fused-ring (bicyclic) bond motifs is 2. The zero-order chi connectivity index (χ0) is 17.4. The van der Waals surface area contributed by atoms with E-state index < -0.39 is 0 Å². The van der Waals surface area contributed by atoms with Gasteiger partial charge in [-0.05, 0) is 44.7 Å². The van der Waals surface area contributed by atoms with Crippen LogP contribution in [0.25, 0.3) is 10.2 Å². The number of nitrogens with one attached hydrogen (secondary N) is 2. The Labute approximate surface area is 150 Å². The molecule has 4 heterocycles. The minimum absolute atomic E-state index is 0.0205. The Morgan fingerprint density at radius 3 is 3.04 bits per heavy atom. The van der Waals surface area contributed by atoms with Crippen LogP contribution in [0.1, 0.15) is 53.2 Å². The van der Waals surface area contributed by atoms with Crippen LogP contribution in [0.5, 0.6) is 0 Å². The molecule has 7 heteroatoms. The van der Waals surface area contributed by atoms with Crippen LogP contribution < -0.4 is 16.2 Å². The lowest BCUT2D eigenvalue weighted by atomic mass is 10.2. The fourth-order valence-corrected chi connectivity index (χ4v) is 4.96. The fourth-order valence-electron chi connectivity index (χ4n) is 3.85. The standard InChI is InChI=1S/C18H24N4O2S/c1-11-14-17(21-13-7-3-2-4-9-22(13)18(14)24)25-15(11)16(23)20-10-12-6-5-8-19-12/h12,19H,2-10H2,1H3,(H,20,23). The summed E-state index contributed by atoms with van der Waals surface area (Å²) >= 11 is 1.35. The SMILES string of the molecule is Cc1c(C(=O)NCC2CCCN2)sc2nc3n(c(=O)c12)CCCCC3. The van der Waals surface area contributed by atoms with E-state index in [4.69, 9.17) is 4.98 Å². The van der Waals surface area contributed by atoms with Crippen LogP contribution in [0.2, 0.25) is 0 Å². The maximum atomic E-state index is 12.9. The van der Waals surface area contributed by atoms with E-state index in [0.29, 0.717) is 27.7 Å². The van der Waals surface area contributed by atoms with Crippen molar-refractivity contribution in [3.63, 3.8) is 0 Å². The summed E-state index contributed by atoms with van der Waals surface area (Å²) in [5.74, 6) is 0.784. The average Bonchev–Trinajstić information content (AvgIpc) is 3.15. The molecular weight excluding hydrogens is 336 g/mol. The number of rotatable bonds is 3. The second-order valence-corrected chi connectivity index (χ2v) is 8.03. The van der Waals surface area contributed by atoms with Crippen LogP contribution in [-0.2, 0) is 13.0 Å². The van der Waals surface area contributed by atoms with Crippen molar-refractivity contribution in [3.05, 3.63) is 26.6 Å². The van der Waals surface area contributed by atoms with E-state index >= 15 is 0 Å². The summed E-state index contributed by atoms with van der Waals surface area (Å²) in [6, 6.07) is 0.360. The summed E-state index contributed by atoms with van der Waals surface area (Å²) in [5.41, 5.74) is 0.793. The molecule has 1 unspecified atom stereocenters. The Kier molecular flexibility index (Phi) is 4.60. The van der Waals surface area contributed by atoms with Crippen LogP contribution >= 0.6 is 11.3 Å². The van der Waals surface area contributed by atoms with Gasteiger partial charge in [-0.15, -0.1) is 11.3 Å². The number of hydrogen-bond donors (Lipinski definition) is 2. The van der Waals surface area contributed by atoms with Gasteiger partial charge in [0.25, 0.3) is 11.5 Å². The van der Waals surface area contributed by atoms with Gasteiger partial charge in [-0.3, -0.25) is 14.2 Å². The normalized spacial score (nSPS) is 20.4. The van der Waals surface area contributed by atoms with Crippen molar-refractivity contribution in [1.82, 2.24) is 20.2 Å². The van der Waals surface area contributed by atoms with E-state index in [1.165, 1.54) is 11.3 Å². The van der Waals surface area contributed by atoms with Crippen LogP contribution in [0, 0.1) is 6.92 Å². The third kappa shape index (κ3) is 3.11. The molecule has 2 N–H and O–H groups in total. The van der Waals surface area contributed by atoms with Crippen molar-refractivity contribution in [2.24, 2.45) is 0 Å². The number of carbonyl (C=O) groups excluding carboxylic acids is 1. The number of aryl methyl sites for hydroxylation is 2. The van der Waals surface area contributed by atoms with Gasteiger partial charge in [-0.2, -0.15) is 0 Å². The molecule has 1 atom stereocenters. The van der Waals surface area contributed by atoms with Gasteiger partial charge in [0.15, 0.2) is 0 Å². The maximum Gasteiger partial charge on any atom is 0.262 e. The highest BCUT2D eigenvalue weighted by atomic mass is 32.1. The number of thiophene rings is 1. The van der Waals surface area contributed by atoms with Crippen molar-refractivity contribution in [2.45, 2.75) is 58.0 Å². The molecule has 0 radical (unpaired) electrons. The lowest BCUT2D eigenvalue weighted by Crippen LogP contribution is -2.37. The lowest BCUT2D eigenvalue weighted by molar-refractivity contribution is 0.0954. The first-order valence-electron chi connectivity index (χ1n) is 9.19. The highest BCUT2D eigenvalue weighted by molar-refractivity contribution is 7.20. The Hall–Kier alpha value is -1.73. The van der Waals surface area contributed by atoms with Gasteiger partial charge < -0.3 is 10.6 Å². The molecule has 25 heavy (non-hydrogen) atoms. The van der Waals surface area contributed by atoms with Gasteiger partial charge >= 0.3 is 0 Å². The van der Waals surface area contributed by atoms with Gasteiger partial charge in [0, 0.05) is 25.6 Å². The van der Waals surface area contributed by atoms with Gasteiger partial charge in [0.1, 0.15) is 10.7 Å². The van der Waals surface area contributed by atoms with Gasteiger partial charge in [0.05, 0.1) is 10.3 Å². The molecule has 0 aliphatic carbocycles. The number of carbonyl (C=O) groups is 1. The largest absolute Gasteiger partial charge is 0.350 e. The summed E-state index contributed by atoms with van der Waals surface area (Å²) < 4.78 is 1.82. The molecule has 1 amide bonds. The lowest BCUT2D eigenvalue weighted by Gasteiger charge is -2.11. The Balaban J connectivity index is 1.66. The van der Waals surface area contributed by atoms with Crippen LogP contribution in [0.3, 0.4) is 0 Å². The molecule has 0 aromatic carbocycles. The summed E-state index contributed by atoms with van der Waals surface area (Å²) in [7, 11) is 0. The van der Waals surface area contributed by atoms with Crippen LogP contribution in [-0.4, -0.2) is 34.6 Å². The molecular formula is C18H24N4O2S. The highest BCUT2D eigenvalue weighted by Gasteiger charge is 2.23. The average molecular weight is 360 g/mol. The van der Waals surface area contributed by atoms with E-state index in [2.05, 4.69) is 10.6 Å². The van der Waals surface area contributed by atoms with Crippen molar-refractivity contribution in [3.8, 4) is 0 Å². The molecule has 2 aliphatic heterocycles. The minimum Gasteiger partial charge on any atom is -0.350 e. The van der Waals surface area contributed by atoms with Crippen molar-refractivity contribution < 1.29 is 4.79 Å². The molecule has 1 saturated heterocycles. The predicted octanol–water partition coefficient (Wildman–Crippen LogP) is 1.97. The number of hydrogen-bond acceptors (Lipinski definition) is 5. The van der Waals surface area contributed by atoms with E-state index in [9.17, 15) is 9.59 Å². The van der Waals surface area contributed by atoms with Gasteiger partial charge in [0.2, 0.25) is 0 Å². The third-order valence-corrected chi connectivity index (χ3v) is 6.47. The molecule has 6 nitrogen and oxygen atoms in total. The summed E-state index contributed by atoms with van der Waals surface area (Å²) in [6.07, 6.45) is 6.33. The summed E-state index contributed by atoms with van der Waals surface area (Å²) in [4.78, 5) is 31.6. The second-order valence-electron chi connectivity index (χ2n) is 7.04. The van der Waals surface area contributed by atoms with Gasteiger partial charge in [-0.25, -0.2) is 4.98 Å². The smallest absolute Gasteiger partial charge is 0.262 e. The zero-order valence-electron chi connectivity index (χ0n) is 14.6. The first-order valence-corrected chi connectivity index (χ1v) is 10.0. The van der Waals surface area contributed by atoms with Crippen LogP contribution in [0.15, 0.2) is 4.79 Å². The second kappa shape index (κ2) is 6.88. The quantitative estimate of drug-likeness (QED) is 0.877. The first-order chi connectivity index (χ1) is 12.1. The molecule has 0 saturated carbocycles. The molecule has 0 bridgehead atoms. The summed E-state index contributed by atoms with van der Waals surface area (Å²) in [6.45, 7) is 4.26. The van der Waals surface area contributed by atoms with E-state index in [1.807, 2.05) is 11.5 Å². The first kappa shape index (κ1) is 16.7. The fraction of sp³-hybridized carbons (Fsp3) is 0.611. The third-order valence-electron chi connectivity index (χ3n) is 5.29. The number of amides is 1. The highest BCUT2D eigenvalue weighted by Crippen LogP contribution is 2.28. The molecule has 2 aromatic rings. The predicted molar refractivity (Wildman–Crippen MR) is 99.5 cm³/mol. The minimum atomic E-state index is -0.0891. The van der Waals surface area contributed by atoms with Gasteiger partial charge in [-0.1, -0.05) is 6.42 Å². The van der Waals surface area contributed by atoms with E-state index in [1.54, 1.807) is 0 Å². The monoisotopic (exact) mass is 360 g/mol. The molecule has 2 aromatic heterocycles. The molecule has 1 fully saturated rings. The Morgan fingerprint density at radius 1 is 1.36 bits per heavy atom. The maximum absolute atomic E-state index is 12.9. The topological polar surface area (TPSA) is 76.0 Å². The van der Waals surface area contributed by atoms with Crippen molar-refractivity contribution >= 4 is 27.5 Å². The van der Waals surface area contributed by atoms with Crippen molar-refractivity contribution in [1.29, 1.82) is 0 Å². The number of aromatic nitrogens is 2.